The van der Waals surface area contributed by atoms with Gasteiger partial charge in [-0.05, 0) is 62.7 Å². The third-order valence-corrected chi connectivity index (χ3v) is 6.50. The minimum absolute atomic E-state index is 0.0121. The quantitative estimate of drug-likeness (QED) is 0.842. The van der Waals surface area contributed by atoms with Crippen LogP contribution in [0.3, 0.4) is 0 Å². The maximum absolute atomic E-state index is 13.1. The van der Waals surface area contributed by atoms with Crippen LogP contribution in [0.15, 0.2) is 0 Å². The molecular formula is C17H27NO3. The van der Waals surface area contributed by atoms with Gasteiger partial charge in [0.2, 0.25) is 5.91 Å². The van der Waals surface area contributed by atoms with E-state index in [4.69, 9.17) is 4.74 Å². The molecule has 1 N–H and O–H groups in total. The van der Waals surface area contributed by atoms with Crippen LogP contribution in [0.1, 0.15) is 39.0 Å². The van der Waals surface area contributed by atoms with Crippen LogP contribution < -0.4 is 0 Å². The summed E-state index contributed by atoms with van der Waals surface area (Å²) in [6, 6.07) is 0.150. The van der Waals surface area contributed by atoms with Gasteiger partial charge in [-0.25, -0.2) is 0 Å². The van der Waals surface area contributed by atoms with E-state index in [-0.39, 0.29) is 24.7 Å². The number of nitrogens with zero attached hydrogens (tertiary/aromatic N) is 1. The van der Waals surface area contributed by atoms with E-state index >= 15 is 0 Å². The normalized spacial score (nSPS) is 48.7. The zero-order valence-corrected chi connectivity index (χ0v) is 12.9. The highest BCUT2D eigenvalue weighted by Crippen LogP contribution is 2.57. The van der Waals surface area contributed by atoms with Crippen molar-refractivity contribution in [1.82, 2.24) is 4.90 Å². The summed E-state index contributed by atoms with van der Waals surface area (Å²) in [7, 11) is 0. The lowest BCUT2D eigenvalue weighted by molar-refractivity contribution is -0.162. The van der Waals surface area contributed by atoms with Crippen LogP contribution in [0, 0.1) is 29.6 Å². The molecule has 4 aliphatic carbocycles. The van der Waals surface area contributed by atoms with Crippen molar-refractivity contribution in [3.63, 3.8) is 0 Å². The van der Waals surface area contributed by atoms with Gasteiger partial charge in [0.05, 0.1) is 25.4 Å². The summed E-state index contributed by atoms with van der Waals surface area (Å²) < 4.78 is 5.58. The molecule has 1 saturated heterocycles. The first-order valence-corrected chi connectivity index (χ1v) is 8.68. The number of carbonyl (C=O) groups is 1. The summed E-state index contributed by atoms with van der Waals surface area (Å²) in [6.07, 6.45) is 6.37. The Morgan fingerprint density at radius 3 is 2.33 bits per heavy atom. The van der Waals surface area contributed by atoms with E-state index in [1.165, 1.54) is 32.1 Å². The summed E-state index contributed by atoms with van der Waals surface area (Å²) in [5.74, 6) is 3.70. The lowest BCUT2D eigenvalue weighted by Gasteiger charge is -2.55. The number of rotatable bonds is 2. The van der Waals surface area contributed by atoms with E-state index in [0.717, 1.165) is 11.8 Å². The van der Waals surface area contributed by atoms with Gasteiger partial charge in [-0.2, -0.15) is 0 Å². The second-order valence-corrected chi connectivity index (χ2v) is 7.93. The van der Waals surface area contributed by atoms with Crippen LogP contribution in [-0.4, -0.2) is 47.8 Å². The van der Waals surface area contributed by atoms with Gasteiger partial charge < -0.3 is 14.7 Å². The van der Waals surface area contributed by atoms with Gasteiger partial charge in [-0.15, -0.1) is 0 Å². The molecule has 21 heavy (non-hydrogen) atoms. The molecule has 2 unspecified atom stereocenters. The molecule has 118 valence electrons. The number of hydrogen-bond donors (Lipinski definition) is 1. The topological polar surface area (TPSA) is 49.8 Å². The first kappa shape index (κ1) is 14.0. The SMILES string of the molecule is CC1COC(CO)CN1C(=O)C1C2CC3CC(C2)CC1C3. The number of aliphatic hydroxyl groups is 1. The molecule has 4 bridgehead atoms. The number of hydrogen-bond acceptors (Lipinski definition) is 3. The van der Waals surface area contributed by atoms with Gasteiger partial charge in [0, 0.05) is 12.5 Å². The van der Waals surface area contributed by atoms with E-state index in [2.05, 4.69) is 6.92 Å². The Hall–Kier alpha value is -0.610. The Balaban J connectivity index is 1.51. The molecule has 0 aromatic carbocycles. The molecule has 0 aromatic rings. The molecule has 1 aliphatic heterocycles. The number of morpholine rings is 1. The second kappa shape index (κ2) is 5.24. The largest absolute Gasteiger partial charge is 0.394 e. The molecule has 4 nitrogen and oxygen atoms in total. The van der Waals surface area contributed by atoms with Gasteiger partial charge in [-0.1, -0.05) is 0 Å². The molecule has 2 atom stereocenters. The predicted molar refractivity (Wildman–Crippen MR) is 78.5 cm³/mol. The Morgan fingerprint density at radius 2 is 1.76 bits per heavy atom. The van der Waals surface area contributed by atoms with E-state index in [1.807, 2.05) is 4.90 Å². The lowest BCUT2D eigenvalue weighted by atomic mass is 9.51. The van der Waals surface area contributed by atoms with Crippen LogP contribution in [0.25, 0.3) is 0 Å². The Labute approximate surface area is 126 Å². The van der Waals surface area contributed by atoms with Crippen LogP contribution in [0.5, 0.6) is 0 Å². The Morgan fingerprint density at radius 1 is 1.14 bits per heavy atom. The molecule has 5 rings (SSSR count). The van der Waals surface area contributed by atoms with Crippen molar-refractivity contribution in [3.05, 3.63) is 0 Å². The van der Waals surface area contributed by atoms with Crippen molar-refractivity contribution in [1.29, 1.82) is 0 Å². The average molecular weight is 293 g/mol. The molecular weight excluding hydrogens is 266 g/mol. The fourth-order valence-corrected chi connectivity index (χ4v) is 5.75. The number of amides is 1. The smallest absolute Gasteiger partial charge is 0.226 e. The molecule has 5 fully saturated rings. The summed E-state index contributed by atoms with van der Waals surface area (Å²) in [5, 5.41) is 9.33. The first-order chi connectivity index (χ1) is 10.2. The van der Waals surface area contributed by atoms with Crippen molar-refractivity contribution < 1.29 is 14.6 Å². The molecule has 4 saturated carbocycles. The maximum Gasteiger partial charge on any atom is 0.226 e. The first-order valence-electron chi connectivity index (χ1n) is 8.68. The predicted octanol–water partition coefficient (Wildman–Crippen LogP) is 1.67. The fraction of sp³-hybridized carbons (Fsp3) is 0.941. The van der Waals surface area contributed by atoms with Gasteiger partial charge in [0.15, 0.2) is 0 Å². The van der Waals surface area contributed by atoms with Gasteiger partial charge >= 0.3 is 0 Å². The van der Waals surface area contributed by atoms with Crippen molar-refractivity contribution in [2.75, 3.05) is 19.8 Å². The molecule has 4 heteroatoms. The number of aliphatic hydroxyl groups excluding tert-OH is 1. The van der Waals surface area contributed by atoms with E-state index in [0.29, 0.717) is 30.9 Å². The van der Waals surface area contributed by atoms with Gasteiger partial charge in [0.1, 0.15) is 0 Å². The highest BCUT2D eigenvalue weighted by atomic mass is 16.5. The summed E-state index contributed by atoms with van der Waals surface area (Å²) in [5.41, 5.74) is 0. The van der Waals surface area contributed by atoms with Crippen molar-refractivity contribution in [3.8, 4) is 0 Å². The van der Waals surface area contributed by atoms with Crippen LogP contribution in [-0.2, 0) is 9.53 Å². The third-order valence-electron chi connectivity index (χ3n) is 6.50. The summed E-state index contributed by atoms with van der Waals surface area (Å²) in [4.78, 5) is 15.2. The van der Waals surface area contributed by atoms with E-state index in [1.54, 1.807) is 0 Å². The van der Waals surface area contributed by atoms with Crippen LogP contribution >= 0.6 is 0 Å². The fourth-order valence-electron chi connectivity index (χ4n) is 5.75. The minimum atomic E-state index is -0.193. The monoisotopic (exact) mass is 293 g/mol. The maximum atomic E-state index is 13.1. The zero-order chi connectivity index (χ0) is 14.6. The minimum Gasteiger partial charge on any atom is -0.394 e. The van der Waals surface area contributed by atoms with Crippen molar-refractivity contribution >= 4 is 5.91 Å². The average Bonchev–Trinajstić information content (AvgIpc) is 2.46. The van der Waals surface area contributed by atoms with Crippen LogP contribution in [0.2, 0.25) is 0 Å². The molecule has 1 amide bonds. The number of carbonyl (C=O) groups excluding carboxylic acids is 1. The van der Waals surface area contributed by atoms with Gasteiger partial charge in [0.25, 0.3) is 0 Å². The van der Waals surface area contributed by atoms with Gasteiger partial charge in [-0.3, -0.25) is 4.79 Å². The summed E-state index contributed by atoms with van der Waals surface area (Å²) in [6.45, 7) is 3.21. The van der Waals surface area contributed by atoms with E-state index in [9.17, 15) is 9.90 Å². The molecule has 0 radical (unpaired) electrons. The standard InChI is InChI=1S/C17H27NO3/c1-10-9-21-15(8-19)7-18(10)17(20)16-13-3-11-2-12(5-13)6-14(16)4-11/h10-16,19H,2-9H2,1H3. The molecule has 0 aromatic heterocycles. The zero-order valence-electron chi connectivity index (χ0n) is 12.9. The highest BCUT2D eigenvalue weighted by molar-refractivity contribution is 5.80. The Bertz CT molecular complexity index is 396. The molecule has 5 aliphatic rings. The number of ether oxygens (including phenoxy) is 1. The van der Waals surface area contributed by atoms with Crippen molar-refractivity contribution in [2.24, 2.45) is 29.6 Å². The summed E-state index contributed by atoms with van der Waals surface area (Å²) >= 11 is 0. The molecule has 1 heterocycles. The van der Waals surface area contributed by atoms with Crippen LogP contribution in [0.4, 0.5) is 0 Å². The highest BCUT2D eigenvalue weighted by Gasteiger charge is 2.52. The third kappa shape index (κ3) is 2.31. The lowest BCUT2D eigenvalue weighted by Crippen LogP contribution is -2.58. The second-order valence-electron chi connectivity index (χ2n) is 7.93. The van der Waals surface area contributed by atoms with E-state index < -0.39 is 0 Å². The molecule has 0 spiro atoms. The Kier molecular flexibility index (Phi) is 3.49. The van der Waals surface area contributed by atoms with Crippen molar-refractivity contribution in [2.45, 2.75) is 51.2 Å².